The molecule has 0 aliphatic carbocycles. The van der Waals surface area contributed by atoms with Crippen LogP contribution in [0.5, 0.6) is 0 Å². The number of para-hydroxylation sites is 1. The molecular weight excluding hydrogens is 261 g/mol. The molecule has 2 amide bonds. The van der Waals surface area contributed by atoms with Gasteiger partial charge in [0, 0.05) is 13.1 Å². The maximum Gasteiger partial charge on any atom is 0.418 e. The van der Waals surface area contributed by atoms with E-state index < -0.39 is 17.8 Å². The first kappa shape index (κ1) is 13.7. The van der Waals surface area contributed by atoms with E-state index in [0.29, 0.717) is 26.3 Å². The standard InChI is InChI=1S/C12H13F3N2O2/c13-12(14,15)9-3-1-2-4-10(9)16-11(18)17-5-7-19-8-6-17/h1-4H,5-8H2,(H,16,18). The summed E-state index contributed by atoms with van der Waals surface area (Å²) in [6.07, 6.45) is -4.49. The number of ether oxygens (including phenoxy) is 1. The topological polar surface area (TPSA) is 41.6 Å². The van der Waals surface area contributed by atoms with Crippen molar-refractivity contribution in [3.8, 4) is 0 Å². The van der Waals surface area contributed by atoms with Crippen LogP contribution in [-0.4, -0.2) is 37.2 Å². The number of benzene rings is 1. The van der Waals surface area contributed by atoms with Gasteiger partial charge in [0.25, 0.3) is 0 Å². The SMILES string of the molecule is O=C(Nc1ccccc1C(F)(F)F)N1CCOCC1. The summed E-state index contributed by atoms with van der Waals surface area (Å²) < 4.78 is 43.3. The summed E-state index contributed by atoms with van der Waals surface area (Å²) in [4.78, 5) is 13.3. The number of nitrogens with one attached hydrogen (secondary N) is 1. The van der Waals surface area contributed by atoms with Crippen LogP contribution in [0.2, 0.25) is 0 Å². The molecular formula is C12H13F3N2O2. The fourth-order valence-electron chi connectivity index (χ4n) is 1.80. The molecule has 0 spiro atoms. The second-order valence-electron chi connectivity index (χ2n) is 4.07. The van der Waals surface area contributed by atoms with Gasteiger partial charge in [-0.3, -0.25) is 0 Å². The van der Waals surface area contributed by atoms with Crippen LogP contribution in [0.25, 0.3) is 0 Å². The Hall–Kier alpha value is -1.76. The molecule has 1 aromatic carbocycles. The van der Waals surface area contributed by atoms with E-state index in [1.54, 1.807) is 0 Å². The van der Waals surface area contributed by atoms with Gasteiger partial charge in [-0.25, -0.2) is 4.79 Å². The Morgan fingerprint density at radius 3 is 2.47 bits per heavy atom. The van der Waals surface area contributed by atoms with E-state index in [1.165, 1.54) is 23.1 Å². The maximum atomic E-state index is 12.8. The van der Waals surface area contributed by atoms with Crippen LogP contribution in [0.3, 0.4) is 0 Å². The second kappa shape index (κ2) is 5.48. The predicted molar refractivity (Wildman–Crippen MR) is 62.9 cm³/mol. The maximum absolute atomic E-state index is 12.8. The Morgan fingerprint density at radius 2 is 1.84 bits per heavy atom. The lowest BCUT2D eigenvalue weighted by molar-refractivity contribution is -0.136. The number of morpholine rings is 1. The van der Waals surface area contributed by atoms with Gasteiger partial charge >= 0.3 is 12.2 Å². The highest BCUT2D eigenvalue weighted by Gasteiger charge is 2.33. The summed E-state index contributed by atoms with van der Waals surface area (Å²) in [5.41, 5.74) is -1.08. The molecule has 104 valence electrons. The summed E-state index contributed by atoms with van der Waals surface area (Å²) in [6, 6.07) is 4.37. The van der Waals surface area contributed by atoms with Crippen LogP contribution in [0.1, 0.15) is 5.56 Å². The van der Waals surface area contributed by atoms with Crippen LogP contribution in [0.4, 0.5) is 23.7 Å². The molecule has 1 heterocycles. The minimum Gasteiger partial charge on any atom is -0.378 e. The van der Waals surface area contributed by atoms with Gasteiger partial charge in [0.15, 0.2) is 0 Å². The lowest BCUT2D eigenvalue weighted by atomic mass is 10.1. The first-order valence-electron chi connectivity index (χ1n) is 5.78. The Kier molecular flexibility index (Phi) is 3.94. The zero-order chi connectivity index (χ0) is 13.9. The number of carbonyl (C=O) groups excluding carboxylic acids is 1. The number of urea groups is 1. The molecule has 1 saturated heterocycles. The molecule has 2 rings (SSSR count). The molecule has 0 saturated carbocycles. The number of hydrogen-bond donors (Lipinski definition) is 1. The number of alkyl halides is 3. The molecule has 1 fully saturated rings. The van der Waals surface area contributed by atoms with Crippen LogP contribution in [0.15, 0.2) is 24.3 Å². The molecule has 1 aliphatic heterocycles. The Bertz CT molecular complexity index is 457. The van der Waals surface area contributed by atoms with Crippen molar-refractivity contribution >= 4 is 11.7 Å². The van der Waals surface area contributed by atoms with E-state index in [4.69, 9.17) is 4.74 Å². The fraction of sp³-hybridized carbons (Fsp3) is 0.417. The van der Waals surface area contributed by atoms with Crippen molar-refractivity contribution in [2.45, 2.75) is 6.18 Å². The van der Waals surface area contributed by atoms with Crippen LogP contribution in [-0.2, 0) is 10.9 Å². The van der Waals surface area contributed by atoms with Gasteiger partial charge in [-0.15, -0.1) is 0 Å². The van der Waals surface area contributed by atoms with Crippen molar-refractivity contribution in [1.29, 1.82) is 0 Å². The van der Waals surface area contributed by atoms with Crippen LogP contribution in [0, 0.1) is 0 Å². The third-order valence-electron chi connectivity index (χ3n) is 2.77. The number of carbonyl (C=O) groups is 1. The summed E-state index contributed by atoms with van der Waals surface area (Å²) >= 11 is 0. The number of rotatable bonds is 1. The normalized spacial score (nSPS) is 16.3. The molecule has 4 nitrogen and oxygen atoms in total. The van der Waals surface area contributed by atoms with Crippen molar-refractivity contribution in [1.82, 2.24) is 4.90 Å². The number of anilines is 1. The minimum absolute atomic E-state index is 0.230. The van der Waals surface area contributed by atoms with Gasteiger partial charge < -0.3 is 15.0 Å². The number of amides is 2. The summed E-state index contributed by atoms with van der Waals surface area (Å²) in [7, 11) is 0. The molecule has 0 atom stereocenters. The summed E-state index contributed by atoms with van der Waals surface area (Å²) in [5, 5.41) is 2.30. The highest BCUT2D eigenvalue weighted by atomic mass is 19.4. The molecule has 7 heteroatoms. The van der Waals surface area contributed by atoms with E-state index in [1.807, 2.05) is 0 Å². The monoisotopic (exact) mass is 274 g/mol. The fourth-order valence-corrected chi connectivity index (χ4v) is 1.80. The van der Waals surface area contributed by atoms with Gasteiger partial charge in [-0.2, -0.15) is 13.2 Å². The van der Waals surface area contributed by atoms with E-state index >= 15 is 0 Å². The van der Waals surface area contributed by atoms with E-state index in [-0.39, 0.29) is 5.69 Å². The zero-order valence-corrected chi connectivity index (χ0v) is 10.0. The second-order valence-corrected chi connectivity index (χ2v) is 4.07. The Labute approximate surface area is 108 Å². The third kappa shape index (κ3) is 3.37. The zero-order valence-electron chi connectivity index (χ0n) is 10.0. The molecule has 19 heavy (non-hydrogen) atoms. The lowest BCUT2D eigenvalue weighted by Gasteiger charge is -2.27. The first-order valence-corrected chi connectivity index (χ1v) is 5.78. The average Bonchev–Trinajstić information content (AvgIpc) is 2.39. The average molecular weight is 274 g/mol. The molecule has 0 radical (unpaired) electrons. The molecule has 1 N–H and O–H groups in total. The molecule has 1 aromatic rings. The highest BCUT2D eigenvalue weighted by Crippen LogP contribution is 2.34. The first-order chi connectivity index (χ1) is 8.98. The minimum atomic E-state index is -4.49. The predicted octanol–water partition coefficient (Wildman–Crippen LogP) is 2.57. The van der Waals surface area contributed by atoms with Crippen LogP contribution >= 0.6 is 0 Å². The van der Waals surface area contributed by atoms with Crippen molar-refractivity contribution < 1.29 is 22.7 Å². The van der Waals surface area contributed by atoms with Gasteiger partial charge in [-0.05, 0) is 12.1 Å². The molecule has 0 aromatic heterocycles. The highest BCUT2D eigenvalue weighted by molar-refractivity contribution is 5.90. The van der Waals surface area contributed by atoms with Gasteiger partial charge in [-0.1, -0.05) is 12.1 Å². The summed E-state index contributed by atoms with van der Waals surface area (Å²) in [6.45, 7) is 1.54. The largest absolute Gasteiger partial charge is 0.418 e. The van der Waals surface area contributed by atoms with Crippen molar-refractivity contribution in [2.24, 2.45) is 0 Å². The van der Waals surface area contributed by atoms with Gasteiger partial charge in [0.05, 0.1) is 24.5 Å². The molecule has 1 aliphatic rings. The van der Waals surface area contributed by atoms with E-state index in [9.17, 15) is 18.0 Å². The Morgan fingerprint density at radius 1 is 1.21 bits per heavy atom. The van der Waals surface area contributed by atoms with Crippen molar-refractivity contribution in [2.75, 3.05) is 31.6 Å². The van der Waals surface area contributed by atoms with Gasteiger partial charge in [0.1, 0.15) is 0 Å². The number of hydrogen-bond acceptors (Lipinski definition) is 2. The molecule has 0 bridgehead atoms. The number of nitrogens with zero attached hydrogens (tertiary/aromatic N) is 1. The number of halogens is 3. The van der Waals surface area contributed by atoms with Crippen molar-refractivity contribution in [3.63, 3.8) is 0 Å². The van der Waals surface area contributed by atoms with Gasteiger partial charge in [0.2, 0.25) is 0 Å². The lowest BCUT2D eigenvalue weighted by Crippen LogP contribution is -2.43. The molecule has 0 unspecified atom stereocenters. The third-order valence-corrected chi connectivity index (χ3v) is 2.77. The quantitative estimate of drug-likeness (QED) is 0.855. The van der Waals surface area contributed by atoms with Crippen LogP contribution < -0.4 is 5.32 Å². The van der Waals surface area contributed by atoms with E-state index in [0.717, 1.165) is 6.07 Å². The smallest absolute Gasteiger partial charge is 0.378 e. The van der Waals surface area contributed by atoms with Crippen molar-refractivity contribution in [3.05, 3.63) is 29.8 Å². The Balaban J connectivity index is 2.12. The van der Waals surface area contributed by atoms with E-state index in [2.05, 4.69) is 5.32 Å². The summed E-state index contributed by atoms with van der Waals surface area (Å²) in [5.74, 6) is 0.